The predicted octanol–water partition coefficient (Wildman–Crippen LogP) is 0.783. The van der Waals surface area contributed by atoms with Crippen LogP contribution in [-0.4, -0.2) is 42.4 Å². The van der Waals surface area contributed by atoms with E-state index in [4.69, 9.17) is 15.2 Å². The summed E-state index contributed by atoms with van der Waals surface area (Å²) in [6.45, 7) is 1.79. The largest absolute Gasteiger partial charge is 0.493 e. The molecular formula is C13H20N2O4S. The van der Waals surface area contributed by atoms with Crippen LogP contribution in [0.1, 0.15) is 17.3 Å². The summed E-state index contributed by atoms with van der Waals surface area (Å²) in [4.78, 5) is 12.1. The summed E-state index contributed by atoms with van der Waals surface area (Å²) in [5.41, 5.74) is 6.44. The quantitative estimate of drug-likeness (QED) is 0.758. The van der Waals surface area contributed by atoms with Crippen LogP contribution in [0.15, 0.2) is 12.1 Å². The number of nitrogens with one attached hydrogen (secondary N) is 1. The molecule has 6 nitrogen and oxygen atoms in total. The Morgan fingerprint density at radius 3 is 2.40 bits per heavy atom. The van der Waals surface area contributed by atoms with Gasteiger partial charge in [0.1, 0.15) is 0 Å². The Bertz CT molecular complexity index is 519. The summed E-state index contributed by atoms with van der Waals surface area (Å²) in [7, 11) is 2.00. The normalized spacial score (nSPS) is 13.4. The van der Waals surface area contributed by atoms with Crippen LogP contribution >= 0.6 is 0 Å². The Morgan fingerprint density at radius 2 is 1.90 bits per heavy atom. The molecule has 2 atom stereocenters. The van der Waals surface area contributed by atoms with Gasteiger partial charge in [0.2, 0.25) is 0 Å². The molecule has 0 aliphatic rings. The zero-order chi connectivity index (χ0) is 15.3. The standard InChI is InChI=1S/C13H20N2O4S/c1-8(7-20(4)17)15-13(16)9-5-11(18-2)12(19-3)6-10(9)14/h5-6,8H,7,14H2,1-4H3,(H,15,16). The average molecular weight is 300 g/mol. The van der Waals surface area contributed by atoms with Crippen molar-refractivity contribution in [3.63, 3.8) is 0 Å². The zero-order valence-electron chi connectivity index (χ0n) is 12.1. The molecule has 0 saturated carbocycles. The number of nitrogen functional groups attached to an aromatic ring is 1. The summed E-state index contributed by atoms with van der Waals surface area (Å²) >= 11 is 0. The van der Waals surface area contributed by atoms with Crippen LogP contribution < -0.4 is 20.5 Å². The van der Waals surface area contributed by atoms with E-state index in [0.29, 0.717) is 28.5 Å². The summed E-state index contributed by atoms with van der Waals surface area (Å²) in [5, 5.41) is 2.75. The monoisotopic (exact) mass is 300 g/mol. The van der Waals surface area contributed by atoms with Gasteiger partial charge >= 0.3 is 0 Å². The third-order valence-electron chi connectivity index (χ3n) is 2.66. The smallest absolute Gasteiger partial charge is 0.253 e. The number of ether oxygens (including phenoxy) is 2. The lowest BCUT2D eigenvalue weighted by molar-refractivity contribution is 0.0944. The maximum Gasteiger partial charge on any atom is 0.253 e. The molecule has 1 aromatic rings. The number of carbonyl (C=O) groups excluding carboxylic acids is 1. The first-order valence-corrected chi connectivity index (χ1v) is 7.74. The second-order valence-electron chi connectivity index (χ2n) is 4.41. The number of carbonyl (C=O) groups is 1. The fourth-order valence-corrected chi connectivity index (χ4v) is 2.57. The van der Waals surface area contributed by atoms with Crippen molar-refractivity contribution >= 4 is 22.4 Å². The van der Waals surface area contributed by atoms with Crippen LogP contribution in [0.4, 0.5) is 5.69 Å². The molecule has 7 heteroatoms. The second-order valence-corrected chi connectivity index (χ2v) is 5.89. The van der Waals surface area contributed by atoms with Crippen LogP contribution in [-0.2, 0) is 10.8 Å². The van der Waals surface area contributed by atoms with Gasteiger partial charge in [0.05, 0.1) is 19.8 Å². The minimum atomic E-state index is -0.976. The average Bonchev–Trinajstić information content (AvgIpc) is 2.36. The van der Waals surface area contributed by atoms with Gasteiger partial charge in [-0.25, -0.2) is 0 Å². The maximum absolute atomic E-state index is 12.1. The van der Waals surface area contributed by atoms with Crippen molar-refractivity contribution in [2.24, 2.45) is 0 Å². The van der Waals surface area contributed by atoms with Crippen LogP contribution in [0.5, 0.6) is 11.5 Å². The highest BCUT2D eigenvalue weighted by Gasteiger charge is 2.17. The lowest BCUT2D eigenvalue weighted by Gasteiger charge is -2.15. The molecule has 1 rings (SSSR count). The zero-order valence-corrected chi connectivity index (χ0v) is 12.9. The summed E-state index contributed by atoms with van der Waals surface area (Å²) in [6, 6.07) is 2.86. The van der Waals surface area contributed by atoms with E-state index in [2.05, 4.69) is 5.32 Å². The summed E-state index contributed by atoms with van der Waals surface area (Å²) in [5.74, 6) is 0.947. The Hall–Kier alpha value is -1.76. The number of methoxy groups -OCH3 is 2. The molecule has 0 aromatic heterocycles. The molecule has 20 heavy (non-hydrogen) atoms. The Labute approximate surface area is 121 Å². The molecule has 112 valence electrons. The van der Waals surface area contributed by atoms with Gasteiger partial charge in [0, 0.05) is 40.6 Å². The topological polar surface area (TPSA) is 90.6 Å². The molecule has 0 fully saturated rings. The van der Waals surface area contributed by atoms with Crippen LogP contribution in [0.3, 0.4) is 0 Å². The molecule has 3 N–H and O–H groups in total. The van der Waals surface area contributed by atoms with Crippen molar-refractivity contribution in [3.8, 4) is 11.5 Å². The molecule has 0 aliphatic carbocycles. The molecule has 0 bridgehead atoms. The third-order valence-corrected chi connectivity index (χ3v) is 3.63. The molecule has 0 radical (unpaired) electrons. The molecular weight excluding hydrogens is 280 g/mol. The predicted molar refractivity (Wildman–Crippen MR) is 79.8 cm³/mol. The minimum Gasteiger partial charge on any atom is -0.493 e. The van der Waals surface area contributed by atoms with Crippen molar-refractivity contribution in [2.45, 2.75) is 13.0 Å². The summed E-state index contributed by atoms with van der Waals surface area (Å²) < 4.78 is 21.4. The van der Waals surface area contributed by atoms with E-state index in [-0.39, 0.29) is 11.9 Å². The lowest BCUT2D eigenvalue weighted by Crippen LogP contribution is -2.36. The van der Waals surface area contributed by atoms with Crippen molar-refractivity contribution < 1.29 is 18.5 Å². The fourth-order valence-electron chi connectivity index (χ4n) is 1.79. The van der Waals surface area contributed by atoms with Gasteiger partial charge in [-0.1, -0.05) is 0 Å². The number of hydrogen-bond donors (Lipinski definition) is 2. The van der Waals surface area contributed by atoms with Crippen LogP contribution in [0.2, 0.25) is 0 Å². The first-order valence-electron chi connectivity index (χ1n) is 6.01. The maximum atomic E-state index is 12.1. The second kappa shape index (κ2) is 7.14. The van der Waals surface area contributed by atoms with Crippen LogP contribution in [0.25, 0.3) is 0 Å². The number of hydrogen-bond acceptors (Lipinski definition) is 5. The van der Waals surface area contributed by atoms with E-state index in [0.717, 1.165) is 0 Å². The van der Waals surface area contributed by atoms with Crippen molar-refractivity contribution in [3.05, 3.63) is 17.7 Å². The summed E-state index contributed by atoms with van der Waals surface area (Å²) in [6.07, 6.45) is 1.59. The molecule has 1 aromatic carbocycles. The molecule has 0 saturated heterocycles. The van der Waals surface area contributed by atoms with E-state index < -0.39 is 10.8 Å². The highest BCUT2D eigenvalue weighted by atomic mass is 32.2. The SMILES string of the molecule is COc1cc(N)c(C(=O)NC(C)CS(C)=O)cc1OC. The van der Waals surface area contributed by atoms with Gasteiger partial charge in [-0.3, -0.25) is 9.00 Å². The number of rotatable bonds is 6. The van der Waals surface area contributed by atoms with Crippen LogP contribution in [0, 0.1) is 0 Å². The third kappa shape index (κ3) is 4.12. The first kappa shape index (κ1) is 16.3. The molecule has 0 spiro atoms. The molecule has 1 amide bonds. The Morgan fingerprint density at radius 1 is 1.35 bits per heavy atom. The number of amides is 1. The van der Waals surface area contributed by atoms with Crippen molar-refractivity contribution in [2.75, 3.05) is 32.0 Å². The van der Waals surface area contributed by atoms with E-state index in [1.807, 2.05) is 0 Å². The van der Waals surface area contributed by atoms with Crippen molar-refractivity contribution in [1.29, 1.82) is 0 Å². The van der Waals surface area contributed by atoms with Gasteiger partial charge in [-0.05, 0) is 13.0 Å². The van der Waals surface area contributed by atoms with Gasteiger partial charge < -0.3 is 20.5 Å². The van der Waals surface area contributed by atoms with Gasteiger partial charge in [-0.2, -0.15) is 0 Å². The Kier molecular flexibility index (Phi) is 5.82. The van der Waals surface area contributed by atoms with Crippen molar-refractivity contribution in [1.82, 2.24) is 5.32 Å². The van der Waals surface area contributed by atoms with E-state index in [9.17, 15) is 9.00 Å². The lowest BCUT2D eigenvalue weighted by atomic mass is 10.1. The van der Waals surface area contributed by atoms with E-state index in [1.165, 1.54) is 26.4 Å². The fraction of sp³-hybridized carbons (Fsp3) is 0.462. The molecule has 0 aliphatic heterocycles. The Balaban J connectivity index is 2.95. The van der Waals surface area contributed by atoms with E-state index in [1.54, 1.807) is 13.2 Å². The minimum absolute atomic E-state index is 0.208. The number of nitrogens with two attached hydrogens (primary N) is 1. The van der Waals surface area contributed by atoms with Gasteiger partial charge in [0.15, 0.2) is 11.5 Å². The van der Waals surface area contributed by atoms with E-state index >= 15 is 0 Å². The first-order chi connectivity index (χ1) is 9.38. The highest BCUT2D eigenvalue weighted by Crippen LogP contribution is 2.31. The highest BCUT2D eigenvalue weighted by molar-refractivity contribution is 7.84. The molecule has 0 heterocycles. The number of anilines is 1. The van der Waals surface area contributed by atoms with Gasteiger partial charge in [-0.15, -0.1) is 0 Å². The number of benzene rings is 1. The van der Waals surface area contributed by atoms with Gasteiger partial charge in [0.25, 0.3) is 5.91 Å². The molecule has 2 unspecified atom stereocenters.